The van der Waals surface area contributed by atoms with Gasteiger partial charge in [-0.3, -0.25) is 0 Å². The Morgan fingerprint density at radius 1 is 0.240 bits per heavy atom. The van der Waals surface area contributed by atoms with E-state index in [0.29, 0.717) is 34.6 Å². The predicted molar refractivity (Wildman–Crippen MR) is 269 cm³/mol. The summed E-state index contributed by atoms with van der Waals surface area (Å²) in [6, 6.07) is 0. The molecule has 0 N–H and O–H groups in total. The van der Waals surface area contributed by atoms with Crippen molar-refractivity contribution >= 4 is 233 Å². The molecule has 0 atom stereocenters. The van der Waals surface area contributed by atoms with Crippen molar-refractivity contribution in [3.8, 4) is 0 Å². The Morgan fingerprint density at radius 3 is 0.260 bits per heavy atom. The maximum atomic E-state index is 4.56. The zero-order valence-electron chi connectivity index (χ0n) is 31.2. The summed E-state index contributed by atoms with van der Waals surface area (Å²) < 4.78 is 4.07. The van der Waals surface area contributed by atoms with Crippen LogP contribution in [0.1, 0.15) is 0 Å². The molecule has 0 unspecified atom stereocenters. The van der Waals surface area contributed by atoms with E-state index < -0.39 is 0 Å². The molecule has 0 aromatic rings. The SMILES string of the molecule is CN(C)C(=S)[S-].CN(C)C(=S)[S-].CN(C)C(=S)[S-].CN(C)C(=S)[S-].CN(C)C(=S)[S-].CN(C)C(=S)[S-].CN(C)C(=S)[S-].CN(C)C(=S)[S-].[Mo].[Zn+2]. The molecular formula is C24H48MoN8S16Zn-6. The maximum Gasteiger partial charge on any atom is 2.00 e. The van der Waals surface area contributed by atoms with Gasteiger partial charge in [-0.1, -0.05) is 34.6 Å². The summed E-state index contributed by atoms with van der Waals surface area (Å²) in [5, 5.41) is 0. The number of rotatable bonds is 0. The molecule has 0 spiro atoms. The third kappa shape index (κ3) is 104. The molecule has 0 saturated heterocycles. The average molecular weight is 1120 g/mol. The second-order valence-corrected chi connectivity index (χ2v) is 17.5. The van der Waals surface area contributed by atoms with E-state index in [9.17, 15) is 0 Å². The van der Waals surface area contributed by atoms with Crippen molar-refractivity contribution in [2.75, 3.05) is 113 Å². The summed E-state index contributed by atoms with van der Waals surface area (Å²) in [5.41, 5.74) is 0. The number of nitrogens with zero attached hydrogens (tertiary/aromatic N) is 8. The molecule has 0 fully saturated rings. The third-order valence-electron chi connectivity index (χ3n) is 2.92. The van der Waals surface area contributed by atoms with Crippen LogP contribution in [0.4, 0.5) is 0 Å². The molecule has 8 nitrogen and oxygen atoms in total. The first-order valence-electron chi connectivity index (χ1n) is 12.2. The standard InChI is InChI=1S/8C3H7NS2.Mo.Zn/c8*1-4(2)3(5)6;;/h8*1-2H3,(H,5,6);;/q;;;;;;;;;+2/p-8. The molecule has 50 heavy (non-hydrogen) atoms. The first-order chi connectivity index (χ1) is 21.1. The first kappa shape index (κ1) is 76.8. The second kappa shape index (κ2) is 51.2. The van der Waals surface area contributed by atoms with E-state index in [-0.39, 0.29) is 40.5 Å². The van der Waals surface area contributed by atoms with Gasteiger partial charge in [0.2, 0.25) is 0 Å². The number of thiocarbonyl (C=S) groups is 8. The Bertz CT molecular complexity index is 709. The monoisotopic (exact) mass is 1120 g/mol. The van der Waals surface area contributed by atoms with Gasteiger partial charge < -0.3 is 238 Å². The van der Waals surface area contributed by atoms with Crippen LogP contribution in [0.2, 0.25) is 0 Å². The predicted octanol–water partition coefficient (Wildman–Crippen LogP) is 3.03. The Balaban J connectivity index is -0.0000000455. The van der Waals surface area contributed by atoms with Crippen molar-refractivity contribution in [3.05, 3.63) is 0 Å². The largest absolute Gasteiger partial charge is 2.00 e. The Kier molecular flexibility index (Phi) is 78.7. The molecule has 0 radical (unpaired) electrons. The Labute approximate surface area is 420 Å². The minimum absolute atomic E-state index is 0. The summed E-state index contributed by atoms with van der Waals surface area (Å²) in [7, 11) is 29.3. The van der Waals surface area contributed by atoms with Gasteiger partial charge in [0.1, 0.15) is 0 Å². The molecule has 0 aliphatic heterocycles. The molecular weight excluding hydrogens is 1070 g/mol. The minimum Gasteiger partial charge on any atom is -0.411 e. The van der Waals surface area contributed by atoms with Gasteiger partial charge in [0.15, 0.2) is 0 Å². The third-order valence-corrected chi connectivity index (χ3v) is 8.76. The summed E-state index contributed by atoms with van der Waals surface area (Å²) in [4.78, 5) is 13.7. The Morgan fingerprint density at radius 2 is 0.260 bits per heavy atom. The summed E-state index contributed by atoms with van der Waals surface area (Å²) in [6.07, 6.45) is 0. The summed E-state index contributed by atoms with van der Waals surface area (Å²) >= 11 is 73.0. The molecule has 0 rings (SSSR count). The van der Waals surface area contributed by atoms with Crippen molar-refractivity contribution in [2.45, 2.75) is 0 Å². The van der Waals surface area contributed by atoms with E-state index in [1.54, 1.807) is 39.2 Å². The quantitative estimate of drug-likeness (QED) is 0.202. The average Bonchev–Trinajstić information content (AvgIpc) is 2.90. The molecule has 0 aromatic heterocycles. The van der Waals surface area contributed by atoms with E-state index in [2.05, 4.69) is 199 Å². The molecule has 0 aromatic carbocycles. The normalized spacial score (nSPS) is 7.36. The molecule has 0 aliphatic rings. The molecule has 0 amide bonds. The van der Waals surface area contributed by atoms with E-state index in [4.69, 9.17) is 0 Å². The zero-order chi connectivity index (χ0) is 41.2. The molecule has 0 bridgehead atoms. The van der Waals surface area contributed by atoms with Gasteiger partial charge in [-0.25, -0.2) is 0 Å². The number of hydrogen-bond acceptors (Lipinski definition) is 16. The van der Waals surface area contributed by atoms with Crippen LogP contribution >= 0.6 is 97.7 Å². The summed E-state index contributed by atoms with van der Waals surface area (Å²) in [5.74, 6) is 0. The molecule has 294 valence electrons. The van der Waals surface area contributed by atoms with E-state index >= 15 is 0 Å². The fourth-order valence-electron chi connectivity index (χ4n) is 0. The Hall–Kier alpha value is 2.19. The van der Waals surface area contributed by atoms with Crippen LogP contribution in [0.3, 0.4) is 0 Å². The first-order valence-corrected chi connectivity index (χ1v) is 18.7. The zero-order valence-corrected chi connectivity index (χ0v) is 49.3. The van der Waals surface area contributed by atoms with Gasteiger partial charge in [-0.2, -0.15) is 0 Å². The fourth-order valence-corrected chi connectivity index (χ4v) is 0. The van der Waals surface area contributed by atoms with Crippen LogP contribution in [0.15, 0.2) is 0 Å². The summed E-state index contributed by atoms with van der Waals surface area (Å²) in [6.45, 7) is 0. The van der Waals surface area contributed by atoms with Crippen molar-refractivity contribution in [3.63, 3.8) is 0 Å². The van der Waals surface area contributed by atoms with Crippen LogP contribution in [0, 0.1) is 0 Å². The van der Waals surface area contributed by atoms with E-state index in [1.165, 1.54) is 0 Å². The van der Waals surface area contributed by atoms with Crippen molar-refractivity contribution in [1.82, 2.24) is 39.2 Å². The number of hydrogen-bond donors (Lipinski definition) is 0. The molecule has 0 heterocycles. The van der Waals surface area contributed by atoms with Crippen LogP contribution in [-0.2, 0) is 142 Å². The van der Waals surface area contributed by atoms with Crippen LogP contribution in [0.25, 0.3) is 0 Å². The van der Waals surface area contributed by atoms with Gasteiger partial charge in [0.05, 0.1) is 0 Å². The van der Waals surface area contributed by atoms with E-state index in [0.717, 1.165) is 0 Å². The van der Waals surface area contributed by atoms with Gasteiger partial charge in [0.25, 0.3) is 0 Å². The van der Waals surface area contributed by atoms with Crippen molar-refractivity contribution in [2.24, 2.45) is 0 Å². The molecule has 0 saturated carbocycles. The van der Waals surface area contributed by atoms with Crippen LogP contribution in [0.5, 0.6) is 0 Å². The molecule has 26 heteroatoms. The van der Waals surface area contributed by atoms with Gasteiger partial charge in [0, 0.05) is 134 Å². The van der Waals surface area contributed by atoms with Crippen LogP contribution in [-0.4, -0.2) is 187 Å². The van der Waals surface area contributed by atoms with Gasteiger partial charge >= 0.3 is 19.5 Å². The van der Waals surface area contributed by atoms with Gasteiger partial charge in [-0.15, -0.1) is 0 Å². The van der Waals surface area contributed by atoms with Gasteiger partial charge in [-0.05, 0) is 0 Å². The molecule has 0 aliphatic carbocycles. The van der Waals surface area contributed by atoms with Crippen molar-refractivity contribution in [1.29, 1.82) is 0 Å². The topological polar surface area (TPSA) is 25.9 Å². The van der Waals surface area contributed by atoms with Crippen molar-refractivity contribution < 1.29 is 40.5 Å². The van der Waals surface area contributed by atoms with E-state index in [1.807, 2.05) is 113 Å². The minimum atomic E-state index is 0. The second-order valence-electron chi connectivity index (χ2n) is 9.28. The van der Waals surface area contributed by atoms with Crippen LogP contribution < -0.4 is 0 Å². The fraction of sp³-hybridized carbons (Fsp3) is 0.667. The maximum absolute atomic E-state index is 4.56. The smallest absolute Gasteiger partial charge is 0.411 e.